The van der Waals surface area contributed by atoms with E-state index in [2.05, 4.69) is 25.3 Å². The molecule has 0 spiro atoms. The molecule has 0 unspecified atom stereocenters. The van der Waals surface area contributed by atoms with E-state index >= 15 is 0 Å². The van der Waals surface area contributed by atoms with Crippen molar-refractivity contribution in [2.24, 2.45) is 0 Å². The van der Waals surface area contributed by atoms with E-state index < -0.39 is 5.82 Å². The van der Waals surface area contributed by atoms with Crippen LogP contribution in [-0.2, 0) is 0 Å². The molecule has 2 heterocycles. The summed E-state index contributed by atoms with van der Waals surface area (Å²) in [7, 11) is 0. The van der Waals surface area contributed by atoms with Gasteiger partial charge in [0.1, 0.15) is 11.3 Å². The normalized spacial score (nSPS) is 20.0. The van der Waals surface area contributed by atoms with Crippen molar-refractivity contribution in [3.63, 3.8) is 0 Å². The standard InChI is InChI=1S/C18H19FN6O/c19-11-9-23-18(24-10-11)25-13-1-3-14(4-2-13)26-16-8-12(20)7-15-17(16)22-6-5-21-15/h5-10,13-14H,1-4,20H2,(H,23,24,25). The summed E-state index contributed by atoms with van der Waals surface area (Å²) in [5.74, 6) is 0.685. The van der Waals surface area contributed by atoms with Gasteiger partial charge in [0.2, 0.25) is 5.95 Å². The van der Waals surface area contributed by atoms with E-state index in [4.69, 9.17) is 10.5 Å². The molecule has 1 fully saturated rings. The van der Waals surface area contributed by atoms with E-state index in [1.807, 2.05) is 0 Å². The maximum Gasteiger partial charge on any atom is 0.222 e. The smallest absolute Gasteiger partial charge is 0.222 e. The molecule has 3 N–H and O–H groups in total. The van der Waals surface area contributed by atoms with Crippen molar-refractivity contribution in [2.75, 3.05) is 11.1 Å². The van der Waals surface area contributed by atoms with Crippen molar-refractivity contribution in [3.05, 3.63) is 42.7 Å². The average molecular weight is 354 g/mol. The predicted molar refractivity (Wildman–Crippen MR) is 96.2 cm³/mol. The van der Waals surface area contributed by atoms with E-state index in [1.54, 1.807) is 24.5 Å². The highest BCUT2D eigenvalue weighted by molar-refractivity contribution is 5.84. The van der Waals surface area contributed by atoms with Crippen LogP contribution >= 0.6 is 0 Å². The van der Waals surface area contributed by atoms with Crippen LogP contribution in [0.1, 0.15) is 25.7 Å². The number of hydrogen-bond acceptors (Lipinski definition) is 7. The zero-order valence-electron chi connectivity index (χ0n) is 14.1. The molecule has 7 nitrogen and oxygen atoms in total. The van der Waals surface area contributed by atoms with Gasteiger partial charge in [0, 0.05) is 30.2 Å². The van der Waals surface area contributed by atoms with Crippen molar-refractivity contribution >= 4 is 22.7 Å². The summed E-state index contributed by atoms with van der Waals surface area (Å²) in [6.45, 7) is 0. The third-order valence-electron chi connectivity index (χ3n) is 4.48. The molecule has 0 atom stereocenters. The zero-order valence-corrected chi connectivity index (χ0v) is 14.1. The van der Waals surface area contributed by atoms with Gasteiger partial charge in [-0.25, -0.2) is 19.3 Å². The Labute approximate surface area is 149 Å². The minimum Gasteiger partial charge on any atom is -0.488 e. The molecule has 0 bridgehead atoms. The summed E-state index contributed by atoms with van der Waals surface area (Å²) < 4.78 is 19.0. The summed E-state index contributed by atoms with van der Waals surface area (Å²) in [6, 6.07) is 3.84. The van der Waals surface area contributed by atoms with Gasteiger partial charge in [-0.1, -0.05) is 0 Å². The van der Waals surface area contributed by atoms with Crippen LogP contribution in [0.5, 0.6) is 5.75 Å². The number of nitrogens with two attached hydrogens (primary N) is 1. The second-order valence-corrected chi connectivity index (χ2v) is 6.40. The minimum atomic E-state index is -0.440. The third-order valence-corrected chi connectivity index (χ3v) is 4.48. The Morgan fingerprint density at radius 2 is 1.73 bits per heavy atom. The number of benzene rings is 1. The van der Waals surface area contributed by atoms with Gasteiger partial charge in [0.25, 0.3) is 0 Å². The number of aromatic nitrogens is 4. The van der Waals surface area contributed by atoms with Gasteiger partial charge in [-0.05, 0) is 31.7 Å². The molecule has 1 aliphatic carbocycles. The van der Waals surface area contributed by atoms with Crippen molar-refractivity contribution in [1.82, 2.24) is 19.9 Å². The first-order valence-corrected chi connectivity index (χ1v) is 8.58. The number of rotatable bonds is 4. The largest absolute Gasteiger partial charge is 0.488 e. The van der Waals surface area contributed by atoms with Crippen molar-refractivity contribution in [3.8, 4) is 5.75 Å². The Bertz CT molecular complexity index is 896. The van der Waals surface area contributed by atoms with Crippen molar-refractivity contribution < 1.29 is 9.13 Å². The molecule has 1 aliphatic rings. The topological polar surface area (TPSA) is 98.8 Å². The molecule has 134 valence electrons. The molecule has 4 rings (SSSR count). The number of nitrogens with zero attached hydrogens (tertiary/aromatic N) is 4. The molecule has 0 radical (unpaired) electrons. The number of hydrogen-bond donors (Lipinski definition) is 2. The Morgan fingerprint density at radius 3 is 2.50 bits per heavy atom. The lowest BCUT2D eigenvalue weighted by atomic mass is 9.93. The maximum atomic E-state index is 12.9. The van der Waals surface area contributed by atoms with Gasteiger partial charge in [-0.2, -0.15) is 0 Å². The van der Waals surface area contributed by atoms with Gasteiger partial charge in [-0.15, -0.1) is 0 Å². The van der Waals surface area contributed by atoms with E-state index in [-0.39, 0.29) is 12.1 Å². The monoisotopic (exact) mass is 354 g/mol. The zero-order chi connectivity index (χ0) is 17.9. The minimum absolute atomic E-state index is 0.0918. The fourth-order valence-corrected chi connectivity index (χ4v) is 3.23. The summed E-state index contributed by atoms with van der Waals surface area (Å²) in [6.07, 6.45) is 9.30. The summed E-state index contributed by atoms with van der Waals surface area (Å²) in [4.78, 5) is 16.5. The van der Waals surface area contributed by atoms with Crippen LogP contribution in [-0.4, -0.2) is 32.1 Å². The van der Waals surface area contributed by atoms with Crippen molar-refractivity contribution in [2.45, 2.75) is 37.8 Å². The van der Waals surface area contributed by atoms with E-state index in [9.17, 15) is 4.39 Å². The second-order valence-electron chi connectivity index (χ2n) is 6.40. The van der Waals surface area contributed by atoms with Crippen LogP contribution in [0.4, 0.5) is 16.0 Å². The molecular formula is C18H19FN6O. The number of nitrogens with one attached hydrogen (secondary N) is 1. The first kappa shape index (κ1) is 16.4. The van der Waals surface area contributed by atoms with Crippen LogP contribution < -0.4 is 15.8 Å². The summed E-state index contributed by atoms with van der Waals surface area (Å²) >= 11 is 0. The van der Waals surface area contributed by atoms with E-state index in [1.165, 1.54) is 0 Å². The fraction of sp³-hybridized carbons (Fsp3) is 0.333. The highest BCUT2D eigenvalue weighted by atomic mass is 19.1. The molecular weight excluding hydrogens is 335 g/mol. The van der Waals surface area contributed by atoms with E-state index in [0.29, 0.717) is 17.4 Å². The SMILES string of the molecule is Nc1cc(OC2CCC(Nc3ncc(F)cn3)CC2)c2nccnc2c1. The lowest BCUT2D eigenvalue weighted by Crippen LogP contribution is -2.31. The first-order valence-electron chi connectivity index (χ1n) is 8.58. The highest BCUT2D eigenvalue weighted by Gasteiger charge is 2.24. The molecule has 0 aliphatic heterocycles. The van der Waals surface area contributed by atoms with Gasteiger partial charge in [0.15, 0.2) is 5.82 Å². The Balaban J connectivity index is 1.39. The Hall–Kier alpha value is -3.03. The van der Waals surface area contributed by atoms with Gasteiger partial charge >= 0.3 is 0 Å². The van der Waals surface area contributed by atoms with Crippen LogP contribution in [0.3, 0.4) is 0 Å². The lowest BCUT2D eigenvalue weighted by molar-refractivity contribution is 0.152. The molecule has 26 heavy (non-hydrogen) atoms. The second kappa shape index (κ2) is 7.07. The summed E-state index contributed by atoms with van der Waals surface area (Å²) in [5, 5.41) is 3.24. The average Bonchev–Trinajstić information content (AvgIpc) is 2.65. The quantitative estimate of drug-likeness (QED) is 0.695. The van der Waals surface area contributed by atoms with Crippen LogP contribution in [0.25, 0.3) is 11.0 Å². The maximum absolute atomic E-state index is 12.9. The van der Waals surface area contributed by atoms with Gasteiger partial charge in [0.05, 0.1) is 24.0 Å². The summed E-state index contributed by atoms with van der Waals surface area (Å²) in [5.41, 5.74) is 8.01. The number of fused-ring (bicyclic) bond motifs is 1. The fourth-order valence-electron chi connectivity index (χ4n) is 3.23. The number of anilines is 2. The molecule has 2 aromatic heterocycles. The third kappa shape index (κ3) is 3.63. The molecule has 8 heteroatoms. The molecule has 1 saturated carbocycles. The van der Waals surface area contributed by atoms with Crippen molar-refractivity contribution in [1.29, 1.82) is 0 Å². The predicted octanol–water partition coefficient (Wildman–Crippen LogP) is 2.94. The lowest BCUT2D eigenvalue weighted by Gasteiger charge is -2.29. The molecule has 1 aromatic carbocycles. The van der Waals surface area contributed by atoms with Crippen LogP contribution in [0, 0.1) is 5.82 Å². The Morgan fingerprint density at radius 1 is 1.00 bits per heavy atom. The first-order chi connectivity index (χ1) is 12.7. The van der Waals surface area contributed by atoms with Gasteiger partial charge in [-0.3, -0.25) is 4.98 Å². The number of halogens is 1. The van der Waals surface area contributed by atoms with Crippen LogP contribution in [0.2, 0.25) is 0 Å². The van der Waals surface area contributed by atoms with Crippen LogP contribution in [0.15, 0.2) is 36.9 Å². The number of nitrogen functional groups attached to an aromatic ring is 1. The highest BCUT2D eigenvalue weighted by Crippen LogP contribution is 2.30. The Kier molecular flexibility index (Phi) is 4.47. The van der Waals surface area contributed by atoms with Gasteiger partial charge < -0.3 is 15.8 Å². The molecule has 3 aromatic rings. The molecule has 0 saturated heterocycles. The molecule has 0 amide bonds. The number of ether oxygens (including phenoxy) is 1. The van der Waals surface area contributed by atoms with E-state index in [0.717, 1.165) is 49.1 Å².